The summed E-state index contributed by atoms with van der Waals surface area (Å²) in [4.78, 5) is 30.7. The number of ketones is 1. The maximum atomic E-state index is 13.7. The van der Waals surface area contributed by atoms with Crippen LogP contribution in [0.2, 0.25) is 0 Å². The number of aryl methyl sites for hydroxylation is 3. The molecule has 0 bridgehead atoms. The molecule has 0 saturated carbocycles. The summed E-state index contributed by atoms with van der Waals surface area (Å²) in [5.74, 6) is -0.224. The van der Waals surface area contributed by atoms with Crippen LogP contribution in [0.4, 0.5) is 4.39 Å². The Morgan fingerprint density at radius 1 is 1.00 bits per heavy atom. The number of benzene rings is 2. The van der Waals surface area contributed by atoms with Crippen LogP contribution >= 0.6 is 0 Å². The summed E-state index contributed by atoms with van der Waals surface area (Å²) in [5.41, 5.74) is 4.12. The average Bonchev–Trinajstić information content (AvgIpc) is 3.24. The summed E-state index contributed by atoms with van der Waals surface area (Å²) in [6, 6.07) is 18.4. The maximum Gasteiger partial charge on any atom is 0.267 e. The number of hydrogen-bond donors (Lipinski definition) is 0. The molecular formula is C28H23FN4O3. The van der Waals surface area contributed by atoms with E-state index in [1.807, 2.05) is 26.0 Å². The molecule has 36 heavy (non-hydrogen) atoms. The van der Waals surface area contributed by atoms with Gasteiger partial charge in [-0.25, -0.2) is 14.1 Å². The summed E-state index contributed by atoms with van der Waals surface area (Å²) in [5, 5.41) is 4.56. The monoisotopic (exact) mass is 482 g/mol. The number of hydrogen-bond acceptors (Lipinski definition) is 5. The number of rotatable bonds is 6. The van der Waals surface area contributed by atoms with Gasteiger partial charge in [0.1, 0.15) is 11.5 Å². The smallest absolute Gasteiger partial charge is 0.267 e. The van der Waals surface area contributed by atoms with Gasteiger partial charge in [-0.3, -0.25) is 14.0 Å². The van der Waals surface area contributed by atoms with Crippen LogP contribution in [-0.4, -0.2) is 31.6 Å². The van der Waals surface area contributed by atoms with Crippen molar-refractivity contribution in [2.75, 3.05) is 6.61 Å². The number of fused-ring (bicyclic) bond motifs is 1. The van der Waals surface area contributed by atoms with Crippen molar-refractivity contribution in [3.05, 3.63) is 112 Å². The van der Waals surface area contributed by atoms with E-state index in [0.29, 0.717) is 39.6 Å². The molecule has 0 unspecified atom stereocenters. The van der Waals surface area contributed by atoms with Crippen LogP contribution in [0.15, 0.2) is 77.7 Å². The van der Waals surface area contributed by atoms with Gasteiger partial charge in [0, 0.05) is 17.5 Å². The zero-order chi connectivity index (χ0) is 25.4. The van der Waals surface area contributed by atoms with Crippen molar-refractivity contribution < 1.29 is 13.9 Å². The van der Waals surface area contributed by atoms with Crippen molar-refractivity contribution in [1.82, 2.24) is 19.2 Å². The van der Waals surface area contributed by atoms with E-state index in [9.17, 15) is 14.0 Å². The summed E-state index contributed by atoms with van der Waals surface area (Å²) in [6.45, 7) is 5.33. The molecule has 3 aromatic heterocycles. The second kappa shape index (κ2) is 9.22. The molecule has 0 atom stereocenters. The molecule has 2 aromatic carbocycles. The summed E-state index contributed by atoms with van der Waals surface area (Å²) in [6.07, 6.45) is 1.60. The summed E-state index contributed by atoms with van der Waals surface area (Å²) < 4.78 is 22.5. The molecule has 0 spiro atoms. The van der Waals surface area contributed by atoms with E-state index in [2.05, 4.69) is 10.1 Å². The van der Waals surface area contributed by atoms with Gasteiger partial charge in [-0.15, -0.1) is 0 Å². The van der Waals surface area contributed by atoms with Crippen LogP contribution in [-0.2, 0) is 0 Å². The van der Waals surface area contributed by atoms with Crippen LogP contribution in [0, 0.1) is 26.6 Å². The molecule has 180 valence electrons. The molecule has 0 radical (unpaired) electrons. The van der Waals surface area contributed by atoms with Gasteiger partial charge in [0.15, 0.2) is 23.8 Å². The first-order valence-electron chi connectivity index (χ1n) is 11.4. The lowest BCUT2D eigenvalue weighted by molar-refractivity contribution is 0.0922. The number of halogens is 1. The van der Waals surface area contributed by atoms with Crippen molar-refractivity contribution in [3.63, 3.8) is 0 Å². The molecule has 0 aliphatic carbocycles. The predicted octanol–water partition coefficient (Wildman–Crippen LogP) is 4.87. The molecule has 5 aromatic rings. The van der Waals surface area contributed by atoms with E-state index < -0.39 is 0 Å². The van der Waals surface area contributed by atoms with E-state index in [1.165, 1.54) is 16.5 Å². The molecule has 0 fully saturated rings. The lowest BCUT2D eigenvalue weighted by atomic mass is 10.1. The quantitative estimate of drug-likeness (QED) is 0.323. The lowest BCUT2D eigenvalue weighted by Gasteiger charge is -2.11. The third-order valence-corrected chi connectivity index (χ3v) is 5.93. The van der Waals surface area contributed by atoms with E-state index in [1.54, 1.807) is 60.3 Å². The highest BCUT2D eigenvalue weighted by Gasteiger charge is 2.19. The highest BCUT2D eigenvalue weighted by molar-refractivity contribution is 5.97. The van der Waals surface area contributed by atoms with Crippen LogP contribution in [0.3, 0.4) is 0 Å². The molecule has 0 aliphatic heterocycles. The van der Waals surface area contributed by atoms with Gasteiger partial charge in [-0.05, 0) is 57.2 Å². The molecule has 0 saturated heterocycles. The van der Waals surface area contributed by atoms with Crippen molar-refractivity contribution in [2.45, 2.75) is 20.8 Å². The van der Waals surface area contributed by atoms with Crippen molar-refractivity contribution in [1.29, 1.82) is 0 Å². The van der Waals surface area contributed by atoms with Crippen molar-refractivity contribution in [2.24, 2.45) is 0 Å². The second-order valence-electron chi connectivity index (χ2n) is 8.58. The fourth-order valence-electron chi connectivity index (χ4n) is 4.08. The Morgan fingerprint density at radius 2 is 1.78 bits per heavy atom. The molecule has 5 rings (SSSR count). The number of Topliss-reactive ketones (excluding diaryl/α,β-unsaturated/α-hetero) is 1. The number of pyridine rings is 1. The Balaban J connectivity index is 1.50. The molecular weight excluding hydrogens is 459 g/mol. The first-order chi connectivity index (χ1) is 17.3. The molecule has 0 aliphatic rings. The summed E-state index contributed by atoms with van der Waals surface area (Å²) in [7, 11) is 0. The van der Waals surface area contributed by atoms with Gasteiger partial charge in [-0.2, -0.15) is 5.10 Å². The number of carbonyl (C=O) groups excluding carboxylic acids is 1. The molecule has 0 amide bonds. The Labute approximate surface area is 206 Å². The highest BCUT2D eigenvalue weighted by atomic mass is 19.1. The van der Waals surface area contributed by atoms with Gasteiger partial charge >= 0.3 is 0 Å². The second-order valence-corrected chi connectivity index (χ2v) is 8.58. The van der Waals surface area contributed by atoms with E-state index >= 15 is 0 Å². The van der Waals surface area contributed by atoms with Crippen LogP contribution < -0.4 is 10.3 Å². The molecule has 8 heteroatoms. The largest absolute Gasteiger partial charge is 0.482 e. The zero-order valence-electron chi connectivity index (χ0n) is 20.0. The SMILES string of the molecule is Cc1ccc(C(=O)COc2cccn3c(=O)c(-c4cc(C)n(-c5cccc(F)c5)n4)c(C)nc23)cc1. The number of nitrogens with zero attached hydrogens (tertiary/aromatic N) is 4. The fraction of sp³-hybridized carbons (Fsp3) is 0.143. The Morgan fingerprint density at radius 3 is 2.53 bits per heavy atom. The third-order valence-electron chi connectivity index (χ3n) is 5.93. The van der Waals surface area contributed by atoms with Gasteiger partial charge in [0.25, 0.3) is 5.56 Å². The highest BCUT2D eigenvalue weighted by Crippen LogP contribution is 2.24. The zero-order valence-corrected chi connectivity index (χ0v) is 20.0. The van der Waals surface area contributed by atoms with E-state index in [0.717, 1.165) is 11.3 Å². The average molecular weight is 483 g/mol. The van der Waals surface area contributed by atoms with E-state index in [-0.39, 0.29) is 23.8 Å². The normalized spacial score (nSPS) is 11.1. The predicted molar refractivity (Wildman–Crippen MR) is 134 cm³/mol. The topological polar surface area (TPSA) is 78.5 Å². The standard InChI is InChI=1S/C28H23FN4O3/c1-17-9-11-20(12-10-17)24(34)16-36-25-8-5-13-32-27(25)30-19(3)26(28(32)35)23-14-18(2)33(31-23)22-7-4-6-21(29)15-22/h4-15H,16H2,1-3H3. The first kappa shape index (κ1) is 23.2. The van der Waals surface area contributed by atoms with Crippen molar-refractivity contribution in [3.8, 4) is 22.7 Å². The Bertz CT molecular complexity index is 1670. The fourth-order valence-corrected chi connectivity index (χ4v) is 4.08. The first-order valence-corrected chi connectivity index (χ1v) is 11.4. The molecule has 3 heterocycles. The van der Waals surface area contributed by atoms with Crippen LogP contribution in [0.25, 0.3) is 22.6 Å². The minimum atomic E-state index is -0.374. The minimum Gasteiger partial charge on any atom is -0.482 e. The lowest BCUT2D eigenvalue weighted by Crippen LogP contribution is -2.20. The summed E-state index contributed by atoms with van der Waals surface area (Å²) >= 11 is 0. The minimum absolute atomic E-state index is 0.175. The Hall–Kier alpha value is -4.59. The molecule has 0 N–H and O–H groups in total. The van der Waals surface area contributed by atoms with E-state index in [4.69, 9.17) is 4.74 Å². The van der Waals surface area contributed by atoms with Gasteiger partial charge in [0.2, 0.25) is 0 Å². The number of carbonyl (C=O) groups is 1. The molecule has 7 nitrogen and oxygen atoms in total. The van der Waals surface area contributed by atoms with Gasteiger partial charge in [-0.1, -0.05) is 35.9 Å². The third kappa shape index (κ3) is 4.29. The maximum absolute atomic E-state index is 13.7. The van der Waals surface area contributed by atoms with Crippen LogP contribution in [0.5, 0.6) is 5.75 Å². The van der Waals surface area contributed by atoms with Crippen molar-refractivity contribution >= 4 is 11.4 Å². The number of ether oxygens (including phenoxy) is 1. The number of aromatic nitrogens is 4. The van der Waals surface area contributed by atoms with Gasteiger partial charge < -0.3 is 4.74 Å². The van der Waals surface area contributed by atoms with Gasteiger partial charge in [0.05, 0.1) is 16.9 Å². The van der Waals surface area contributed by atoms with Crippen LogP contribution in [0.1, 0.15) is 27.3 Å². The Kier molecular flexibility index (Phi) is 5.93.